The first-order valence-electron chi connectivity index (χ1n) is 49.2. The number of phenolic OH excluding ortho intramolecular Hbond substituents is 2. The van der Waals surface area contributed by atoms with E-state index in [1.54, 1.807) is 72.8 Å². The highest BCUT2D eigenvalue weighted by Gasteiger charge is 2.55. The topological polar surface area (TPSA) is 437 Å². The predicted octanol–water partition coefficient (Wildman–Crippen LogP) is 17.2. The van der Waals surface area contributed by atoms with Gasteiger partial charge < -0.3 is 84.2 Å². The minimum atomic E-state index is -2.48. The maximum atomic E-state index is 13.6. The number of amides is 4. The normalized spacial score (nSPS) is 18.3. The number of aromatic nitrogens is 2. The van der Waals surface area contributed by atoms with Crippen molar-refractivity contribution in [3.8, 4) is 11.5 Å². The van der Waals surface area contributed by atoms with Crippen LogP contribution in [-0.2, 0) is 40.8 Å². The third kappa shape index (κ3) is 32.5. The molecule has 6 aromatic carbocycles. The summed E-state index contributed by atoms with van der Waals surface area (Å²) in [6.07, 6.45) is 0.916. The Morgan fingerprint density at radius 1 is 0.365 bits per heavy atom. The third-order valence-corrected chi connectivity index (χ3v) is 27.5. The van der Waals surface area contributed by atoms with Crippen LogP contribution in [-0.4, -0.2) is 223 Å². The maximum Gasteiger partial charge on any atom is 0.253 e. The van der Waals surface area contributed by atoms with Gasteiger partial charge in [0.15, 0.2) is 47.0 Å². The first-order chi connectivity index (χ1) is 70.4. The van der Waals surface area contributed by atoms with Gasteiger partial charge in [-0.15, -0.1) is 0 Å². The van der Waals surface area contributed by atoms with E-state index in [0.717, 1.165) is 34.2 Å². The molecule has 8 aromatic rings. The number of Topliss-reactive ketones (excluding diaryl/α,β-unsaturated/α-hetero) is 4. The van der Waals surface area contributed by atoms with Crippen LogP contribution in [0.15, 0.2) is 166 Å². The Bertz CT molecular complexity index is 6050. The number of carbonyl (C=O) groups is 8. The number of β-amino-alcohol motifs (C(OH)–C–C–N with tert-alkyl or cyclic N) is 2. The van der Waals surface area contributed by atoms with Crippen molar-refractivity contribution in [2.45, 2.75) is 228 Å². The third-order valence-electron chi connectivity index (χ3n) is 26.6. The number of pyridine rings is 2. The molecule has 7 aliphatic rings. The standard InChI is InChI=1S/C27H30ClF3N4O3.C27H35ClN4O4.C26H29ClF3N5O2.C26H30ClF2N5O3/c1-2-15(16-5-18(10-19(28)6-16)27(3-4-27)25(30)31)8-23(37)14-32-24(38)17-7-21(11-22(36)9-17)35-26-33-12-20(29)13-34-26;1-5-16(17-6-19(27(2,3)4)11-20(28)7-17)9-23(34)13-29-25(36)18-8-21(12-22(33)10-18)32-26-30-14-24(35)15-31-26;1-2-15(16-5-18(9-19(27)6-16)26(3-4-26)24(29)30)8-22(36)14-32-23(37)17-7-21(13-31-10-17)35-25-33-11-20(28)12-34-25;1-2-15(16-5-18(9-19(27)6-16)26(3-4-26)24(28)29)8-21(35)12-31-23(37)17-7-20(11-30-10-17)34-25-32-13-22(36)14-33-25/h5-7,9-11,15,20,25,36H,2-4,8,12-14H2,1H3,(H,32,38)(H2,33,34,35);6-8,10-12,16,24,33,35H,5,9,13-15H2,1-4H3,(H,29,36)(H2,30,31,32);5-7,9-10,13,15,20,24H,2-4,8,11-12,14H2,1H3,(H,32,37)(H2,33,34,35);5-7,9-11,15,22,24,36H,2-4,8,12-14H2,1H3,(H,31,37)(H2,32,33,34)/t15-;16-;2*15-/m1111/s1. The molecule has 4 amide bonds. The van der Waals surface area contributed by atoms with Crippen molar-refractivity contribution in [3.05, 3.63) is 233 Å². The zero-order chi connectivity index (χ0) is 107. The van der Waals surface area contributed by atoms with E-state index in [2.05, 4.69) is 121 Å². The van der Waals surface area contributed by atoms with Crippen molar-refractivity contribution < 1.29 is 93.9 Å². The van der Waals surface area contributed by atoms with Gasteiger partial charge in [-0.1, -0.05) is 119 Å². The lowest BCUT2D eigenvalue weighted by Gasteiger charge is -2.23. The van der Waals surface area contributed by atoms with E-state index >= 15 is 0 Å². The number of ketones is 4. The molecule has 42 heteroatoms. The van der Waals surface area contributed by atoms with E-state index in [9.17, 15) is 93.9 Å². The van der Waals surface area contributed by atoms with Crippen LogP contribution in [0, 0.1) is 0 Å². The Morgan fingerprint density at radius 3 is 0.912 bits per heavy atom. The summed E-state index contributed by atoms with van der Waals surface area (Å²) in [7, 11) is 0. The van der Waals surface area contributed by atoms with Crippen molar-refractivity contribution in [1.29, 1.82) is 0 Å². The van der Waals surface area contributed by atoms with Gasteiger partial charge in [0.05, 0.1) is 129 Å². The number of alkyl halides is 8. The molecule has 6 heterocycles. The molecule has 0 saturated heterocycles. The van der Waals surface area contributed by atoms with Crippen LogP contribution in [0.25, 0.3) is 0 Å². The molecule has 2 aromatic heterocycles. The lowest BCUT2D eigenvalue weighted by molar-refractivity contribution is -0.119. The van der Waals surface area contributed by atoms with Crippen molar-refractivity contribution in [3.63, 3.8) is 0 Å². The summed E-state index contributed by atoms with van der Waals surface area (Å²) in [5.74, 6) is -1.99. The Morgan fingerprint density at radius 2 is 0.642 bits per heavy atom. The Labute approximate surface area is 872 Å². The van der Waals surface area contributed by atoms with Gasteiger partial charge in [-0.25, -0.2) is 45.1 Å². The number of halogens is 12. The fourth-order valence-corrected chi connectivity index (χ4v) is 18.3. The summed E-state index contributed by atoms with van der Waals surface area (Å²) in [5, 5.41) is 74.7. The number of aliphatic hydroxyl groups is 2. The predicted molar refractivity (Wildman–Crippen MR) is 557 cm³/mol. The molecule has 3 aliphatic carbocycles. The van der Waals surface area contributed by atoms with Gasteiger partial charge in [0.1, 0.15) is 23.8 Å². The first-order valence-corrected chi connectivity index (χ1v) is 50.7. The molecule has 3 saturated carbocycles. The highest BCUT2D eigenvalue weighted by Crippen LogP contribution is 2.56. The lowest BCUT2D eigenvalue weighted by atomic mass is 9.83. The van der Waals surface area contributed by atoms with Crippen LogP contribution in [0.4, 0.5) is 57.9 Å². The molecule has 148 heavy (non-hydrogen) atoms. The summed E-state index contributed by atoms with van der Waals surface area (Å²) in [6.45, 7) is 15.0. The smallest absolute Gasteiger partial charge is 0.253 e. The number of anilines is 4. The van der Waals surface area contributed by atoms with Crippen molar-refractivity contribution in [2.24, 2.45) is 20.0 Å². The number of guanidine groups is 4. The molecule has 794 valence electrons. The van der Waals surface area contributed by atoms with E-state index in [0.29, 0.717) is 154 Å². The summed E-state index contributed by atoms with van der Waals surface area (Å²) in [4.78, 5) is 126. The van der Waals surface area contributed by atoms with Crippen LogP contribution in [0.5, 0.6) is 11.5 Å². The van der Waals surface area contributed by atoms with Crippen LogP contribution in [0.3, 0.4) is 0 Å². The van der Waals surface area contributed by atoms with Crippen molar-refractivity contribution >= 4 is 140 Å². The second-order valence-corrected chi connectivity index (χ2v) is 40.8. The number of aromatic hydroxyl groups is 2. The fourth-order valence-electron chi connectivity index (χ4n) is 17.4. The summed E-state index contributed by atoms with van der Waals surface area (Å²) in [6, 6.07) is 32.7. The molecular formula is C106H124Cl4F8N18O12. The number of phenols is 2. The number of carbonyl (C=O) groups excluding carboxylic acids is 8. The molecule has 15 rings (SSSR count). The van der Waals surface area contributed by atoms with Gasteiger partial charge >= 0.3 is 0 Å². The number of aliphatic hydroxyl groups excluding tert-OH is 2. The maximum absolute atomic E-state index is 13.6. The zero-order valence-electron chi connectivity index (χ0n) is 82.9. The van der Waals surface area contributed by atoms with Crippen molar-refractivity contribution in [2.75, 3.05) is 99.8 Å². The summed E-state index contributed by atoms with van der Waals surface area (Å²) in [5.41, 5.74) is 5.09. The Balaban J connectivity index is 0.000000175. The largest absolute Gasteiger partial charge is 0.508 e. The minimum absolute atomic E-state index is 0.00590. The number of nitrogens with one attached hydrogen (secondary N) is 12. The highest BCUT2D eigenvalue weighted by atomic mass is 35.5. The minimum Gasteiger partial charge on any atom is -0.508 e. The van der Waals surface area contributed by atoms with E-state index in [4.69, 9.17) is 46.4 Å². The molecule has 3 fully saturated rings. The van der Waals surface area contributed by atoms with Gasteiger partial charge in [0, 0.05) is 106 Å². The van der Waals surface area contributed by atoms with Gasteiger partial charge in [0.2, 0.25) is 19.3 Å². The molecule has 0 spiro atoms. The molecule has 16 N–H and O–H groups in total. The molecule has 4 aliphatic heterocycles. The first kappa shape index (κ1) is 114. The number of aliphatic imine (C=N–C) groups is 4. The number of hydrogen-bond acceptors (Lipinski definition) is 26. The number of rotatable bonds is 38. The van der Waals surface area contributed by atoms with Crippen LogP contribution < -0.4 is 63.8 Å². The number of hydrogen-bond donors (Lipinski definition) is 16. The molecule has 0 bridgehead atoms. The van der Waals surface area contributed by atoms with E-state index in [-0.39, 0.29) is 177 Å². The molecule has 8 atom stereocenters. The SMILES string of the molecule is CC[C@H](CC(=O)CNC(=O)c1cc(O)cc(NC2=NCC(F)CN2)c1)c1cc(Cl)cc(C2(C(F)F)CC2)c1.CC[C@H](CC(=O)CNC(=O)c1cc(O)cc(NC2=NCC(O)CN2)c1)c1cc(Cl)cc(C(C)(C)C)c1.CC[C@H](CC(=O)CNC(=O)c1cncc(NC2=NCC(F)CN2)c1)c1cc(Cl)cc(C2(C(F)F)CC2)c1.CC[C@H](CC(=O)CNC(=O)c1cncc(NC2=NCC(O)CN2)c1)c1cc(Cl)cc(C2(C(F)F)CC2)c1. The lowest BCUT2D eigenvalue weighted by Crippen LogP contribution is -2.42. The van der Waals surface area contributed by atoms with E-state index < -0.39 is 83.7 Å². The Kier molecular flexibility index (Phi) is 40.1. The van der Waals surface area contributed by atoms with Crippen LogP contribution >= 0.6 is 46.4 Å². The number of benzene rings is 6. The van der Waals surface area contributed by atoms with Gasteiger partial charge in [-0.05, 0) is 223 Å². The van der Waals surface area contributed by atoms with Crippen molar-refractivity contribution in [1.82, 2.24) is 52.5 Å². The van der Waals surface area contributed by atoms with Crippen LogP contribution in [0.2, 0.25) is 20.1 Å². The quantitative estimate of drug-likeness (QED) is 0.0160. The molecule has 30 nitrogen and oxygen atoms in total. The second-order valence-electron chi connectivity index (χ2n) is 39.1. The Hall–Kier alpha value is -12.6. The monoisotopic (exact) mass is 2130 g/mol. The zero-order valence-corrected chi connectivity index (χ0v) is 85.9. The highest BCUT2D eigenvalue weighted by molar-refractivity contribution is 6.32. The average Bonchev–Trinajstić information content (AvgIpc) is 1.61. The van der Waals surface area contributed by atoms with Crippen LogP contribution in [0.1, 0.15) is 248 Å². The van der Waals surface area contributed by atoms with E-state index in [1.807, 2.05) is 39.8 Å². The molecule has 4 unspecified atom stereocenters. The number of nitrogens with zero attached hydrogens (tertiary/aromatic N) is 6. The molecule has 0 radical (unpaired) electrons. The van der Waals surface area contributed by atoms with Gasteiger partial charge in [0.25, 0.3) is 23.6 Å². The average molecular weight is 2140 g/mol. The van der Waals surface area contributed by atoms with Gasteiger partial charge in [-0.2, -0.15) is 0 Å². The van der Waals surface area contributed by atoms with E-state index in [1.165, 1.54) is 55.1 Å². The second kappa shape index (κ2) is 52.0. The fraction of sp³-hybridized carbons (Fsp3) is 0.453. The summed E-state index contributed by atoms with van der Waals surface area (Å²) >= 11 is 25.1. The molecular weight excluding hydrogens is 2010 g/mol. The summed E-state index contributed by atoms with van der Waals surface area (Å²) < 4.78 is 108. The van der Waals surface area contributed by atoms with Gasteiger partial charge in [-0.3, -0.25) is 58.3 Å².